The normalized spacial score (nSPS) is 16.7. The highest BCUT2D eigenvalue weighted by Gasteiger charge is 2.48. The first kappa shape index (κ1) is 38.1. The molecule has 1 spiro atoms. The van der Waals surface area contributed by atoms with Crippen LogP contribution in [0.25, 0.3) is 0 Å². The van der Waals surface area contributed by atoms with Crippen molar-refractivity contribution in [3.05, 3.63) is 115 Å². The molecular weight excluding hydrogens is 721 g/mol. The highest BCUT2D eigenvalue weighted by molar-refractivity contribution is 5.66. The lowest BCUT2D eigenvalue weighted by Crippen LogP contribution is -2.50. The van der Waals surface area contributed by atoms with Crippen LogP contribution < -0.4 is 16.6 Å². The molecule has 1 aromatic carbocycles. The van der Waals surface area contributed by atoms with Crippen LogP contribution in [0.3, 0.4) is 0 Å². The quantitative estimate of drug-likeness (QED) is 0.133. The van der Waals surface area contributed by atoms with Gasteiger partial charge < -0.3 is 24.0 Å². The molecule has 1 saturated heterocycles. The van der Waals surface area contributed by atoms with Gasteiger partial charge in [0.15, 0.2) is 0 Å². The number of rotatable bonds is 12. The maximum Gasteiger partial charge on any atom is 0.449 e. The van der Waals surface area contributed by atoms with E-state index in [1.807, 2.05) is 0 Å². The lowest BCUT2D eigenvalue weighted by molar-refractivity contribution is -0.153. The third-order valence-electron chi connectivity index (χ3n) is 9.63. The van der Waals surface area contributed by atoms with Gasteiger partial charge in [-0.05, 0) is 69.1 Å². The summed E-state index contributed by atoms with van der Waals surface area (Å²) in [6.45, 7) is 0.627. The van der Waals surface area contributed by atoms with Gasteiger partial charge in [-0.1, -0.05) is 6.07 Å². The fraction of sp³-hybridized carbons (Fsp3) is 0.457. The smallest absolute Gasteiger partial charge is 0.449 e. The highest BCUT2D eigenvalue weighted by Crippen LogP contribution is 2.43. The zero-order valence-corrected chi connectivity index (χ0v) is 28.3. The van der Waals surface area contributed by atoms with Gasteiger partial charge in [-0.25, -0.2) is 9.18 Å². The van der Waals surface area contributed by atoms with Crippen molar-refractivity contribution in [1.82, 2.24) is 19.4 Å². The van der Waals surface area contributed by atoms with Gasteiger partial charge in [-0.2, -0.15) is 26.3 Å². The summed E-state index contributed by atoms with van der Waals surface area (Å²) in [6, 6.07) is 6.86. The van der Waals surface area contributed by atoms with Crippen molar-refractivity contribution in [3.63, 3.8) is 0 Å². The predicted octanol–water partition coefficient (Wildman–Crippen LogP) is 5.95. The van der Waals surface area contributed by atoms with Crippen LogP contribution >= 0.6 is 0 Å². The van der Waals surface area contributed by atoms with Crippen LogP contribution in [0.5, 0.6) is 0 Å². The number of ether oxygens (including phenoxy) is 1. The summed E-state index contributed by atoms with van der Waals surface area (Å²) in [5.41, 5.74) is -5.24. The number of nitrogens with one attached hydrogen (secondary N) is 1. The molecule has 2 N–H and O–H groups in total. The van der Waals surface area contributed by atoms with Crippen molar-refractivity contribution in [2.75, 3.05) is 19.6 Å². The van der Waals surface area contributed by atoms with E-state index in [1.165, 1.54) is 6.07 Å². The lowest BCUT2D eigenvalue weighted by atomic mass is 9.85. The molecule has 2 aliphatic rings. The van der Waals surface area contributed by atoms with E-state index in [4.69, 9.17) is 18.7 Å². The van der Waals surface area contributed by atoms with Gasteiger partial charge in [0.2, 0.25) is 5.76 Å². The van der Waals surface area contributed by atoms with Crippen LogP contribution in [0.2, 0.25) is 0 Å². The number of halogens is 7. The van der Waals surface area contributed by atoms with E-state index < -0.39 is 77.0 Å². The predicted molar refractivity (Wildman–Crippen MR) is 171 cm³/mol. The minimum atomic E-state index is -4.97. The molecule has 5 heterocycles. The molecule has 0 saturated carbocycles. The SMILES string of the molecule is Cc1ccc(C(Cn2c(=O)c3c(n(Cc4c(F)cccc4C(F)(F)F)c2=O)COC32CCN(Cc3ccc(C(F)(F)F)o3)CC2)NCCCC(=O)O)o1. The summed E-state index contributed by atoms with van der Waals surface area (Å²) in [5, 5.41) is 12.2. The van der Waals surface area contributed by atoms with Crippen LogP contribution in [-0.2, 0) is 53.7 Å². The van der Waals surface area contributed by atoms with Gasteiger partial charge in [0.25, 0.3) is 5.56 Å². The summed E-state index contributed by atoms with van der Waals surface area (Å²) in [6.07, 6.45) is -9.36. The van der Waals surface area contributed by atoms with Crippen molar-refractivity contribution in [2.24, 2.45) is 0 Å². The fourth-order valence-electron chi connectivity index (χ4n) is 6.99. The van der Waals surface area contributed by atoms with E-state index in [2.05, 4.69) is 5.32 Å². The van der Waals surface area contributed by atoms with Gasteiger partial charge in [0.05, 0.1) is 49.1 Å². The topological polar surface area (TPSA) is 132 Å². The Kier molecular flexibility index (Phi) is 10.5. The number of furan rings is 2. The van der Waals surface area contributed by atoms with E-state index in [-0.39, 0.29) is 75.5 Å². The van der Waals surface area contributed by atoms with Crippen LogP contribution in [0.4, 0.5) is 30.7 Å². The Hall–Kier alpha value is -4.68. The number of likely N-dealkylation sites (tertiary alicyclic amines) is 1. The summed E-state index contributed by atoms with van der Waals surface area (Å²) in [5.74, 6) is -2.52. The maximum atomic E-state index is 15.2. The minimum absolute atomic E-state index is 0.0123. The third kappa shape index (κ3) is 7.99. The van der Waals surface area contributed by atoms with Gasteiger partial charge in [-0.15, -0.1) is 0 Å². The van der Waals surface area contributed by atoms with Gasteiger partial charge in [0.1, 0.15) is 28.7 Å². The standard InChI is InChI=1S/C35H35F7N4O7/c1-20-7-9-27(52-20)25(43-13-3-6-29(47)48)18-46-31(49)30-26(45(32(46)50)17-22-23(34(37,38)39)4-2-5-24(22)36)19-51-33(30)11-14-44(15-12-33)16-21-8-10-28(53-21)35(40,41)42/h2,4-5,7-10,25,43H,3,6,11-19H2,1H3,(H,47,48). The first-order chi connectivity index (χ1) is 25.0. The number of hydrogen-bond donors (Lipinski definition) is 2. The van der Waals surface area contributed by atoms with E-state index in [9.17, 15) is 40.7 Å². The van der Waals surface area contributed by atoms with Gasteiger partial charge in [0, 0.05) is 25.1 Å². The van der Waals surface area contributed by atoms with Crippen LogP contribution in [0.1, 0.15) is 77.2 Å². The number of hydrogen-bond acceptors (Lipinski definition) is 8. The van der Waals surface area contributed by atoms with Crippen molar-refractivity contribution in [3.8, 4) is 0 Å². The number of nitrogens with zero attached hydrogens (tertiary/aromatic N) is 3. The minimum Gasteiger partial charge on any atom is -0.481 e. The Balaban J connectivity index is 1.39. The number of benzene rings is 1. The number of aliphatic carboxylic acids is 1. The molecule has 11 nitrogen and oxygen atoms in total. The van der Waals surface area contributed by atoms with Crippen molar-refractivity contribution < 1.29 is 54.2 Å². The molecule has 286 valence electrons. The largest absolute Gasteiger partial charge is 0.481 e. The number of fused-ring (bicyclic) bond motifs is 2. The van der Waals surface area contributed by atoms with Crippen LogP contribution in [0, 0.1) is 12.7 Å². The molecule has 0 amide bonds. The van der Waals surface area contributed by atoms with Crippen molar-refractivity contribution in [2.45, 2.75) is 82.8 Å². The Morgan fingerprint density at radius 3 is 2.32 bits per heavy atom. The molecule has 6 rings (SSSR count). The third-order valence-corrected chi connectivity index (χ3v) is 9.63. The number of carboxylic acid groups (broad SMARTS) is 1. The molecule has 53 heavy (non-hydrogen) atoms. The van der Waals surface area contributed by atoms with E-state index >= 15 is 4.39 Å². The molecular formula is C35H35F7N4O7. The van der Waals surface area contributed by atoms with Crippen molar-refractivity contribution >= 4 is 5.97 Å². The summed E-state index contributed by atoms with van der Waals surface area (Å²) in [4.78, 5) is 41.6. The first-order valence-corrected chi connectivity index (χ1v) is 16.7. The van der Waals surface area contributed by atoms with Crippen molar-refractivity contribution in [1.29, 1.82) is 0 Å². The average Bonchev–Trinajstić information content (AvgIpc) is 3.83. The molecule has 3 aromatic heterocycles. The Morgan fingerprint density at radius 2 is 1.70 bits per heavy atom. The molecule has 1 fully saturated rings. The van der Waals surface area contributed by atoms with Gasteiger partial charge in [-0.3, -0.25) is 23.6 Å². The molecule has 0 aliphatic carbocycles. The summed E-state index contributed by atoms with van der Waals surface area (Å²) >= 11 is 0. The number of carbonyl (C=O) groups is 1. The summed E-state index contributed by atoms with van der Waals surface area (Å²) < 4.78 is 115. The van der Waals surface area contributed by atoms with Crippen LogP contribution in [0.15, 0.2) is 60.9 Å². The summed E-state index contributed by atoms with van der Waals surface area (Å²) in [7, 11) is 0. The van der Waals surface area contributed by atoms with E-state index in [0.717, 1.165) is 27.3 Å². The molecule has 1 atom stereocenters. The number of aryl methyl sites for hydroxylation is 1. The average molecular weight is 757 g/mol. The van der Waals surface area contributed by atoms with E-state index in [1.54, 1.807) is 24.0 Å². The number of aromatic nitrogens is 2. The number of alkyl halides is 6. The maximum absolute atomic E-state index is 15.2. The molecule has 4 aromatic rings. The highest BCUT2D eigenvalue weighted by atomic mass is 19.4. The second kappa shape index (κ2) is 14.6. The second-order valence-corrected chi connectivity index (χ2v) is 13.1. The Labute approximate surface area is 296 Å². The molecule has 18 heteroatoms. The molecule has 0 radical (unpaired) electrons. The zero-order valence-electron chi connectivity index (χ0n) is 28.3. The molecule has 0 bridgehead atoms. The molecule has 1 unspecified atom stereocenters. The zero-order chi connectivity index (χ0) is 38.3. The fourth-order valence-corrected chi connectivity index (χ4v) is 6.99. The lowest BCUT2D eigenvalue weighted by Gasteiger charge is -2.38. The molecule has 2 aliphatic heterocycles. The second-order valence-electron chi connectivity index (χ2n) is 13.1. The number of carboxylic acids is 1. The number of piperidine rings is 1. The Morgan fingerprint density at radius 1 is 0.962 bits per heavy atom. The Bertz CT molecular complexity index is 2090. The van der Waals surface area contributed by atoms with Crippen LogP contribution in [-0.4, -0.2) is 44.7 Å². The monoisotopic (exact) mass is 756 g/mol. The first-order valence-electron chi connectivity index (χ1n) is 16.7. The van der Waals surface area contributed by atoms with E-state index in [0.29, 0.717) is 17.6 Å². The van der Waals surface area contributed by atoms with Gasteiger partial charge >= 0.3 is 24.0 Å².